The highest BCUT2D eigenvalue weighted by atomic mass is 35.5. The number of hydrogen-bond acceptors (Lipinski definition) is 2. The Kier molecular flexibility index (Phi) is 5.92. The normalized spacial score (nSPS) is 12.1. The Morgan fingerprint density at radius 2 is 1.73 bits per heavy atom. The van der Waals surface area contributed by atoms with Gasteiger partial charge < -0.3 is 10.6 Å². The highest BCUT2D eigenvalue weighted by Crippen LogP contribution is 2.19. The van der Waals surface area contributed by atoms with Crippen molar-refractivity contribution in [2.45, 2.75) is 18.9 Å². The average molecular weight is 367 g/mol. The van der Waals surface area contributed by atoms with Gasteiger partial charge in [0.25, 0.3) is 5.91 Å². The summed E-state index contributed by atoms with van der Waals surface area (Å²) >= 11 is 5.97. The molecule has 0 aliphatic heterocycles. The number of likely N-dealkylation sites (N-methyl/N-ethyl adjacent to an activating group) is 1. The van der Waals surface area contributed by atoms with Crippen LogP contribution >= 0.6 is 11.6 Å². The molecule has 3 nitrogen and oxygen atoms in total. The zero-order valence-corrected chi connectivity index (χ0v) is 15.6. The maximum Gasteiger partial charge on any atom is 0.253 e. The van der Waals surface area contributed by atoms with Crippen molar-refractivity contribution < 1.29 is 4.79 Å². The molecule has 3 aromatic carbocycles. The van der Waals surface area contributed by atoms with E-state index in [1.165, 1.54) is 0 Å². The van der Waals surface area contributed by atoms with E-state index in [0.29, 0.717) is 17.1 Å². The second-order valence-corrected chi connectivity index (χ2v) is 6.98. The monoisotopic (exact) mass is 366 g/mol. The first-order valence-electron chi connectivity index (χ1n) is 8.79. The SMILES string of the molecule is CN(C(=O)c1ccc2ccccc2c1)C(CCN)Cc1ccc(Cl)cc1. The summed E-state index contributed by atoms with van der Waals surface area (Å²) in [6, 6.07) is 21.7. The topological polar surface area (TPSA) is 46.3 Å². The second-order valence-electron chi connectivity index (χ2n) is 6.54. The summed E-state index contributed by atoms with van der Waals surface area (Å²) < 4.78 is 0. The number of amides is 1. The molecule has 2 N–H and O–H groups in total. The molecular formula is C22H23ClN2O. The van der Waals surface area contributed by atoms with Crippen LogP contribution in [0.25, 0.3) is 10.8 Å². The molecule has 0 saturated heterocycles. The van der Waals surface area contributed by atoms with Gasteiger partial charge in [0.2, 0.25) is 0 Å². The maximum absolute atomic E-state index is 13.0. The summed E-state index contributed by atoms with van der Waals surface area (Å²) in [7, 11) is 1.85. The minimum absolute atomic E-state index is 0.0168. The summed E-state index contributed by atoms with van der Waals surface area (Å²) in [5, 5.41) is 2.91. The Labute approximate surface area is 159 Å². The predicted octanol–water partition coefficient (Wildman–Crippen LogP) is 4.53. The van der Waals surface area contributed by atoms with Gasteiger partial charge >= 0.3 is 0 Å². The molecule has 4 heteroatoms. The molecule has 0 aromatic heterocycles. The van der Waals surface area contributed by atoms with Crippen molar-refractivity contribution in [3.05, 3.63) is 82.9 Å². The number of halogens is 1. The molecule has 0 fully saturated rings. The first-order chi connectivity index (χ1) is 12.6. The summed E-state index contributed by atoms with van der Waals surface area (Å²) in [5.74, 6) is 0.0168. The summed E-state index contributed by atoms with van der Waals surface area (Å²) in [5.41, 5.74) is 7.64. The molecule has 1 amide bonds. The number of fused-ring (bicyclic) bond motifs is 1. The van der Waals surface area contributed by atoms with Crippen LogP contribution < -0.4 is 5.73 Å². The lowest BCUT2D eigenvalue weighted by Gasteiger charge is -2.28. The van der Waals surface area contributed by atoms with E-state index in [9.17, 15) is 4.79 Å². The molecule has 0 bridgehead atoms. The van der Waals surface area contributed by atoms with Crippen LogP contribution in [0.1, 0.15) is 22.3 Å². The third-order valence-electron chi connectivity index (χ3n) is 4.75. The Morgan fingerprint density at radius 1 is 1.04 bits per heavy atom. The molecule has 134 valence electrons. The zero-order chi connectivity index (χ0) is 18.5. The predicted molar refractivity (Wildman–Crippen MR) is 109 cm³/mol. The van der Waals surface area contributed by atoms with Crippen molar-refractivity contribution in [1.29, 1.82) is 0 Å². The van der Waals surface area contributed by atoms with E-state index in [-0.39, 0.29) is 11.9 Å². The Bertz CT molecular complexity index is 892. The van der Waals surface area contributed by atoms with Gasteiger partial charge in [0, 0.05) is 23.7 Å². The highest BCUT2D eigenvalue weighted by molar-refractivity contribution is 6.30. The van der Waals surface area contributed by atoms with Gasteiger partial charge in [0.05, 0.1) is 0 Å². The van der Waals surface area contributed by atoms with Gasteiger partial charge in [-0.05, 0) is 60.0 Å². The fraction of sp³-hybridized carbons (Fsp3) is 0.227. The largest absolute Gasteiger partial charge is 0.338 e. The summed E-state index contributed by atoms with van der Waals surface area (Å²) in [6.07, 6.45) is 1.50. The van der Waals surface area contributed by atoms with E-state index >= 15 is 0 Å². The first kappa shape index (κ1) is 18.4. The van der Waals surface area contributed by atoms with E-state index < -0.39 is 0 Å². The molecule has 0 radical (unpaired) electrons. The van der Waals surface area contributed by atoms with Crippen LogP contribution in [0.3, 0.4) is 0 Å². The number of rotatable bonds is 6. The maximum atomic E-state index is 13.0. The van der Waals surface area contributed by atoms with Crippen molar-refractivity contribution >= 4 is 28.3 Å². The first-order valence-corrected chi connectivity index (χ1v) is 9.17. The lowest BCUT2D eigenvalue weighted by molar-refractivity contribution is 0.0725. The molecule has 0 heterocycles. The Hall–Kier alpha value is -2.36. The van der Waals surface area contributed by atoms with Gasteiger partial charge in [0.15, 0.2) is 0 Å². The smallest absolute Gasteiger partial charge is 0.253 e. The average Bonchev–Trinajstić information content (AvgIpc) is 2.67. The van der Waals surface area contributed by atoms with Crippen molar-refractivity contribution in [3.63, 3.8) is 0 Å². The number of nitrogens with zero attached hydrogens (tertiary/aromatic N) is 1. The Balaban J connectivity index is 1.81. The summed E-state index contributed by atoms with van der Waals surface area (Å²) in [6.45, 7) is 0.535. The number of carbonyl (C=O) groups is 1. The molecule has 3 aromatic rings. The standard InChI is InChI=1S/C22H23ClN2O/c1-25(21(12-13-24)14-16-6-10-20(23)11-7-16)22(26)19-9-8-17-4-2-3-5-18(17)15-19/h2-11,15,21H,12-14,24H2,1H3. The van der Waals surface area contributed by atoms with Crippen LogP contribution in [0, 0.1) is 0 Å². The van der Waals surface area contributed by atoms with Crippen LogP contribution in [0.4, 0.5) is 0 Å². The van der Waals surface area contributed by atoms with Crippen LogP contribution in [0.15, 0.2) is 66.7 Å². The molecule has 1 unspecified atom stereocenters. The molecule has 0 saturated carbocycles. The van der Waals surface area contributed by atoms with Crippen LogP contribution in [0.2, 0.25) is 5.02 Å². The van der Waals surface area contributed by atoms with Gasteiger partial charge in [-0.1, -0.05) is 54.1 Å². The molecule has 26 heavy (non-hydrogen) atoms. The molecule has 1 atom stereocenters. The van der Waals surface area contributed by atoms with Gasteiger partial charge in [-0.15, -0.1) is 0 Å². The quantitative estimate of drug-likeness (QED) is 0.696. The van der Waals surface area contributed by atoms with E-state index in [0.717, 1.165) is 29.2 Å². The summed E-state index contributed by atoms with van der Waals surface area (Å²) in [4.78, 5) is 14.8. The lowest BCUT2D eigenvalue weighted by atomic mass is 10.0. The molecule has 0 aliphatic rings. The van der Waals surface area contributed by atoms with Gasteiger partial charge in [-0.3, -0.25) is 4.79 Å². The number of nitrogens with two attached hydrogens (primary N) is 1. The van der Waals surface area contributed by atoms with Gasteiger partial charge in [-0.2, -0.15) is 0 Å². The number of carbonyl (C=O) groups excluding carboxylic acids is 1. The van der Waals surface area contributed by atoms with E-state index in [1.807, 2.05) is 78.7 Å². The van der Waals surface area contributed by atoms with Crippen LogP contribution in [-0.2, 0) is 6.42 Å². The van der Waals surface area contributed by atoms with Crippen molar-refractivity contribution in [2.75, 3.05) is 13.6 Å². The number of hydrogen-bond donors (Lipinski definition) is 1. The van der Waals surface area contributed by atoms with Gasteiger partial charge in [0.1, 0.15) is 0 Å². The molecular weight excluding hydrogens is 344 g/mol. The van der Waals surface area contributed by atoms with Gasteiger partial charge in [-0.25, -0.2) is 0 Å². The molecule has 0 spiro atoms. The minimum atomic E-state index is 0.0168. The third kappa shape index (κ3) is 4.24. The van der Waals surface area contributed by atoms with E-state index in [1.54, 1.807) is 0 Å². The lowest BCUT2D eigenvalue weighted by Crippen LogP contribution is -2.39. The fourth-order valence-corrected chi connectivity index (χ4v) is 3.34. The van der Waals surface area contributed by atoms with Crippen LogP contribution in [0.5, 0.6) is 0 Å². The van der Waals surface area contributed by atoms with Crippen molar-refractivity contribution in [3.8, 4) is 0 Å². The Morgan fingerprint density at radius 3 is 2.42 bits per heavy atom. The van der Waals surface area contributed by atoms with E-state index in [4.69, 9.17) is 17.3 Å². The fourth-order valence-electron chi connectivity index (χ4n) is 3.21. The minimum Gasteiger partial charge on any atom is -0.338 e. The number of benzene rings is 3. The third-order valence-corrected chi connectivity index (χ3v) is 5.00. The highest BCUT2D eigenvalue weighted by Gasteiger charge is 2.21. The second kappa shape index (κ2) is 8.35. The molecule has 0 aliphatic carbocycles. The molecule has 3 rings (SSSR count). The van der Waals surface area contributed by atoms with Crippen molar-refractivity contribution in [1.82, 2.24) is 4.90 Å². The van der Waals surface area contributed by atoms with E-state index in [2.05, 4.69) is 0 Å². The van der Waals surface area contributed by atoms with Crippen LogP contribution in [-0.4, -0.2) is 30.4 Å². The van der Waals surface area contributed by atoms with Crippen molar-refractivity contribution in [2.24, 2.45) is 5.73 Å². The zero-order valence-electron chi connectivity index (χ0n) is 14.9.